The molecule has 27 heavy (non-hydrogen) atoms. The number of aromatic nitrogens is 2. The summed E-state index contributed by atoms with van der Waals surface area (Å²) in [6, 6.07) is 5.93. The van der Waals surface area contributed by atoms with E-state index >= 15 is 0 Å². The number of rotatable bonds is 9. The smallest absolute Gasteiger partial charge is 0.317 e. The molecule has 1 aromatic carbocycles. The summed E-state index contributed by atoms with van der Waals surface area (Å²) in [6.45, 7) is 0.994. The van der Waals surface area contributed by atoms with Crippen LogP contribution in [0.15, 0.2) is 47.5 Å². The van der Waals surface area contributed by atoms with Crippen LogP contribution < -0.4 is 10.1 Å². The van der Waals surface area contributed by atoms with Gasteiger partial charge in [-0.25, -0.2) is 19.3 Å². The second-order valence-electron chi connectivity index (χ2n) is 5.53. The maximum atomic E-state index is 13.5. The van der Waals surface area contributed by atoms with E-state index in [1.807, 2.05) is 0 Å². The lowest BCUT2D eigenvalue weighted by atomic mass is 10.1. The van der Waals surface area contributed by atoms with E-state index in [-0.39, 0.29) is 28.9 Å². The van der Waals surface area contributed by atoms with Gasteiger partial charge in [-0.1, -0.05) is 11.6 Å². The minimum atomic E-state index is -3.07. The number of ether oxygens (including phenoxy) is 2. The molecule has 0 spiro atoms. The summed E-state index contributed by atoms with van der Waals surface area (Å²) in [6.07, 6.45) is 2.89. The van der Waals surface area contributed by atoms with Crippen LogP contribution >= 0.6 is 11.6 Å². The highest BCUT2D eigenvalue weighted by molar-refractivity contribution is 6.31. The van der Waals surface area contributed by atoms with E-state index in [2.05, 4.69) is 20.4 Å². The summed E-state index contributed by atoms with van der Waals surface area (Å²) in [5, 5.41) is 6.10. The summed E-state index contributed by atoms with van der Waals surface area (Å²) < 4.78 is 37.4. The first-order chi connectivity index (χ1) is 12.8. The Bertz CT molecular complexity index is 827. The molecule has 0 amide bonds. The fraction of sp³-hybridized carbons (Fsp3) is 0.294. The van der Waals surface area contributed by atoms with E-state index < -0.39 is 5.92 Å². The third kappa shape index (κ3) is 6.22. The summed E-state index contributed by atoms with van der Waals surface area (Å²) in [4.78, 5) is 8.09. The van der Waals surface area contributed by atoms with Gasteiger partial charge in [0.1, 0.15) is 12.3 Å². The Morgan fingerprint density at radius 1 is 1.41 bits per heavy atom. The van der Waals surface area contributed by atoms with E-state index in [9.17, 15) is 8.78 Å². The van der Waals surface area contributed by atoms with Gasteiger partial charge in [0.05, 0.1) is 12.3 Å². The van der Waals surface area contributed by atoms with Gasteiger partial charge in [0.15, 0.2) is 0 Å². The summed E-state index contributed by atoms with van der Waals surface area (Å²) in [5.41, 5.74) is 8.13. The van der Waals surface area contributed by atoms with Crippen LogP contribution in [0.25, 0.3) is 0 Å². The van der Waals surface area contributed by atoms with Gasteiger partial charge in [-0.05, 0) is 24.3 Å². The average molecular weight is 398 g/mol. The Kier molecular flexibility index (Phi) is 7.14. The number of benzene rings is 1. The van der Waals surface area contributed by atoms with Gasteiger partial charge in [0.25, 0.3) is 5.92 Å². The van der Waals surface area contributed by atoms with Crippen molar-refractivity contribution in [1.29, 1.82) is 5.53 Å². The molecule has 0 aliphatic heterocycles. The van der Waals surface area contributed by atoms with E-state index in [0.29, 0.717) is 18.0 Å². The molecule has 0 radical (unpaired) electrons. The van der Waals surface area contributed by atoms with Crippen LogP contribution in [0.4, 0.5) is 14.5 Å². The van der Waals surface area contributed by atoms with Gasteiger partial charge in [-0.15, -0.1) is 0 Å². The third-order valence-corrected chi connectivity index (χ3v) is 3.65. The Hall–Kier alpha value is -2.65. The topological polar surface area (TPSA) is 92.5 Å². The molecule has 1 heterocycles. The Labute approximate surface area is 159 Å². The van der Waals surface area contributed by atoms with Crippen LogP contribution in [0, 0.1) is 5.53 Å². The van der Waals surface area contributed by atoms with Gasteiger partial charge in [0, 0.05) is 42.7 Å². The zero-order valence-corrected chi connectivity index (χ0v) is 15.4. The molecular weight excluding hydrogens is 380 g/mol. The fourth-order valence-corrected chi connectivity index (χ4v) is 2.32. The molecule has 0 aliphatic carbocycles. The van der Waals surface area contributed by atoms with Crippen LogP contribution in [-0.2, 0) is 17.3 Å². The maximum Gasteiger partial charge on any atom is 0.317 e. The minimum absolute atomic E-state index is 0.0288. The Balaban J connectivity index is 2.04. The molecule has 0 bridgehead atoms. The molecule has 0 aliphatic rings. The number of anilines is 1. The molecule has 0 atom stereocenters. The predicted molar refractivity (Wildman–Crippen MR) is 96.1 cm³/mol. The van der Waals surface area contributed by atoms with Crippen molar-refractivity contribution in [3.8, 4) is 6.01 Å². The zero-order valence-electron chi connectivity index (χ0n) is 14.7. The lowest BCUT2D eigenvalue weighted by molar-refractivity contribution is 0.0176. The molecule has 0 unspecified atom stereocenters. The van der Waals surface area contributed by atoms with Gasteiger partial charge in [-0.2, -0.15) is 10.1 Å². The fourth-order valence-electron chi connectivity index (χ4n) is 2.04. The Morgan fingerprint density at radius 2 is 2.19 bits per heavy atom. The summed E-state index contributed by atoms with van der Waals surface area (Å²) in [5.74, 6) is -3.07. The van der Waals surface area contributed by atoms with Crippen molar-refractivity contribution >= 4 is 17.3 Å². The highest BCUT2D eigenvalue weighted by atomic mass is 35.5. The van der Waals surface area contributed by atoms with Gasteiger partial charge >= 0.3 is 6.01 Å². The van der Waals surface area contributed by atoms with Crippen LogP contribution in [-0.4, -0.2) is 23.7 Å². The molecule has 0 saturated carbocycles. The maximum absolute atomic E-state index is 13.5. The highest BCUT2D eigenvalue weighted by Crippen LogP contribution is 2.34. The molecule has 2 N–H and O–H groups in total. The average Bonchev–Trinajstić information content (AvgIpc) is 2.63. The number of hydrogen-bond donors (Lipinski definition) is 2. The van der Waals surface area contributed by atoms with Crippen LogP contribution in [0.5, 0.6) is 6.01 Å². The van der Waals surface area contributed by atoms with E-state index in [0.717, 1.165) is 6.92 Å². The van der Waals surface area contributed by atoms with Crippen molar-refractivity contribution in [1.82, 2.24) is 9.97 Å². The van der Waals surface area contributed by atoms with Gasteiger partial charge < -0.3 is 14.8 Å². The molecule has 0 saturated heterocycles. The normalized spacial score (nSPS) is 12.0. The molecule has 0 fully saturated rings. The molecular formula is C17H18ClF2N5O2. The number of alkyl halides is 2. The minimum Gasteiger partial charge on any atom is -0.457 e. The zero-order chi connectivity index (χ0) is 19.9. The molecule has 7 nitrogen and oxygen atoms in total. The van der Waals surface area contributed by atoms with Crippen molar-refractivity contribution in [3.05, 3.63) is 58.6 Å². The van der Waals surface area contributed by atoms with E-state index in [1.54, 1.807) is 13.2 Å². The summed E-state index contributed by atoms with van der Waals surface area (Å²) >= 11 is 5.81. The number of nitrogens with one attached hydrogen (secondary N) is 2. The lowest BCUT2D eigenvalue weighted by Gasteiger charge is -2.14. The van der Waals surface area contributed by atoms with Crippen molar-refractivity contribution in [2.75, 3.05) is 19.0 Å². The number of methoxy groups -OCH3 is 1. The third-order valence-electron chi connectivity index (χ3n) is 3.32. The first-order valence-corrected chi connectivity index (χ1v) is 8.16. The summed E-state index contributed by atoms with van der Waals surface area (Å²) in [7, 11) is 1.55. The van der Waals surface area contributed by atoms with Gasteiger partial charge in [0.2, 0.25) is 0 Å². The highest BCUT2D eigenvalue weighted by Gasteiger charge is 2.27. The second kappa shape index (κ2) is 9.33. The van der Waals surface area contributed by atoms with Crippen LogP contribution in [0.2, 0.25) is 5.02 Å². The monoisotopic (exact) mass is 397 g/mol. The van der Waals surface area contributed by atoms with Crippen molar-refractivity contribution in [2.45, 2.75) is 19.5 Å². The van der Waals surface area contributed by atoms with E-state index in [4.69, 9.17) is 26.6 Å². The first kappa shape index (κ1) is 20.7. The first-order valence-electron chi connectivity index (χ1n) is 7.78. The van der Waals surface area contributed by atoms with Crippen molar-refractivity contribution in [2.24, 2.45) is 5.11 Å². The standard InChI is InChI=1S/C17H18ClF2N5O2/c1-17(19,20)14-7-11(3-4-15(14)18)23-8-13(25-21)10-27-16-22-6-5-12(24-16)9-26-2/h3-8,21,23H,9-10H2,1-2H3/b13-8-,25-21?. The molecule has 2 rings (SSSR count). The van der Waals surface area contributed by atoms with Crippen LogP contribution in [0.1, 0.15) is 18.2 Å². The van der Waals surface area contributed by atoms with Gasteiger partial charge in [-0.3, -0.25) is 0 Å². The van der Waals surface area contributed by atoms with Crippen molar-refractivity contribution < 1.29 is 18.3 Å². The molecule has 2 aromatic rings. The Morgan fingerprint density at radius 3 is 2.85 bits per heavy atom. The van der Waals surface area contributed by atoms with Crippen LogP contribution in [0.3, 0.4) is 0 Å². The molecule has 10 heteroatoms. The predicted octanol–water partition coefficient (Wildman–Crippen LogP) is 4.75. The van der Waals surface area contributed by atoms with Crippen molar-refractivity contribution in [3.63, 3.8) is 0 Å². The number of nitrogens with zero attached hydrogens (tertiary/aromatic N) is 3. The second-order valence-corrected chi connectivity index (χ2v) is 5.93. The SMILES string of the molecule is COCc1ccnc(OC/C(=C/Nc2ccc(Cl)c(C(C)(F)F)c2)N=N)n1. The molecule has 144 valence electrons. The lowest BCUT2D eigenvalue weighted by Crippen LogP contribution is -2.09. The van der Waals surface area contributed by atoms with E-state index in [1.165, 1.54) is 30.6 Å². The number of halogens is 3. The quantitative estimate of drug-likeness (QED) is 0.595. The largest absolute Gasteiger partial charge is 0.457 e. The number of hydrogen-bond acceptors (Lipinski definition) is 7. The molecule has 1 aromatic heterocycles.